The molecule has 4 nitrogen and oxygen atoms in total. The number of carbonyl (C=O) groups excluding carboxylic acids is 1. The van der Waals surface area contributed by atoms with Gasteiger partial charge in [-0.3, -0.25) is 9.69 Å². The molecule has 3 rings (SSSR count). The fourth-order valence-corrected chi connectivity index (χ4v) is 3.39. The SMILES string of the molecule is COc1c(C)cc(/C=C2/C(=O)N(c3ccccc3)C(=S)N2C)cc1C. The van der Waals surface area contributed by atoms with Gasteiger partial charge in [0.2, 0.25) is 0 Å². The molecule has 1 aliphatic rings. The van der Waals surface area contributed by atoms with Gasteiger partial charge in [-0.1, -0.05) is 18.2 Å². The third-order valence-corrected chi connectivity index (χ3v) is 4.72. The average molecular weight is 352 g/mol. The van der Waals surface area contributed by atoms with Crippen LogP contribution >= 0.6 is 12.2 Å². The number of nitrogens with zero attached hydrogens (tertiary/aromatic N) is 2. The Morgan fingerprint density at radius 2 is 1.68 bits per heavy atom. The molecule has 128 valence electrons. The molecular formula is C20H20N2O2S. The molecule has 0 N–H and O–H groups in total. The summed E-state index contributed by atoms with van der Waals surface area (Å²) in [7, 11) is 3.48. The van der Waals surface area contributed by atoms with Crippen molar-refractivity contribution < 1.29 is 9.53 Å². The Balaban J connectivity index is 2.02. The first-order valence-corrected chi connectivity index (χ1v) is 8.39. The normalized spacial score (nSPS) is 16.1. The minimum absolute atomic E-state index is 0.121. The van der Waals surface area contributed by atoms with Crippen molar-refractivity contribution in [2.45, 2.75) is 13.8 Å². The van der Waals surface area contributed by atoms with Crippen LogP contribution in [0, 0.1) is 13.8 Å². The molecule has 0 aromatic heterocycles. The van der Waals surface area contributed by atoms with Crippen LogP contribution in [-0.2, 0) is 4.79 Å². The van der Waals surface area contributed by atoms with Crippen LogP contribution in [0.1, 0.15) is 16.7 Å². The van der Waals surface area contributed by atoms with Crippen molar-refractivity contribution in [1.29, 1.82) is 0 Å². The summed E-state index contributed by atoms with van der Waals surface area (Å²) in [6, 6.07) is 13.5. The highest BCUT2D eigenvalue weighted by Crippen LogP contribution is 2.30. The van der Waals surface area contributed by atoms with E-state index in [0.29, 0.717) is 10.8 Å². The van der Waals surface area contributed by atoms with Crippen molar-refractivity contribution in [3.63, 3.8) is 0 Å². The maximum atomic E-state index is 12.9. The minimum atomic E-state index is -0.121. The monoisotopic (exact) mass is 352 g/mol. The second-order valence-corrected chi connectivity index (χ2v) is 6.40. The first kappa shape index (κ1) is 17.2. The lowest BCUT2D eigenvalue weighted by Gasteiger charge is -2.16. The predicted octanol–water partition coefficient (Wildman–Crippen LogP) is 3.92. The van der Waals surface area contributed by atoms with Gasteiger partial charge in [-0.25, -0.2) is 0 Å². The number of aryl methyl sites for hydroxylation is 2. The highest BCUT2D eigenvalue weighted by molar-refractivity contribution is 7.80. The lowest BCUT2D eigenvalue weighted by molar-refractivity contribution is -0.114. The van der Waals surface area contributed by atoms with E-state index in [1.165, 1.54) is 0 Å². The van der Waals surface area contributed by atoms with Crippen LogP contribution < -0.4 is 9.64 Å². The zero-order chi connectivity index (χ0) is 18.1. The number of rotatable bonds is 3. The number of likely N-dealkylation sites (N-methyl/N-ethyl adjacent to an activating group) is 1. The molecular weight excluding hydrogens is 332 g/mol. The zero-order valence-electron chi connectivity index (χ0n) is 14.7. The molecule has 0 saturated carbocycles. The molecule has 2 aromatic rings. The lowest BCUT2D eigenvalue weighted by Crippen LogP contribution is -2.30. The van der Waals surface area contributed by atoms with Crippen LogP contribution in [0.15, 0.2) is 48.2 Å². The van der Waals surface area contributed by atoms with Crippen molar-refractivity contribution in [2.75, 3.05) is 19.1 Å². The number of methoxy groups -OCH3 is 1. The van der Waals surface area contributed by atoms with Gasteiger partial charge in [-0.15, -0.1) is 0 Å². The van der Waals surface area contributed by atoms with Crippen LogP contribution in [0.5, 0.6) is 5.75 Å². The fraction of sp³-hybridized carbons (Fsp3) is 0.200. The Labute approximate surface area is 153 Å². The van der Waals surface area contributed by atoms with Crippen LogP contribution in [0.25, 0.3) is 6.08 Å². The highest BCUT2D eigenvalue weighted by Gasteiger charge is 2.36. The van der Waals surface area contributed by atoms with Gasteiger partial charge in [0, 0.05) is 7.05 Å². The predicted molar refractivity (Wildman–Crippen MR) is 105 cm³/mol. The molecule has 1 fully saturated rings. The second kappa shape index (κ2) is 6.69. The van der Waals surface area contributed by atoms with E-state index in [0.717, 1.165) is 28.1 Å². The van der Waals surface area contributed by atoms with Gasteiger partial charge in [0.25, 0.3) is 5.91 Å². The molecule has 0 spiro atoms. The lowest BCUT2D eigenvalue weighted by atomic mass is 10.0. The number of ether oxygens (including phenoxy) is 1. The summed E-state index contributed by atoms with van der Waals surface area (Å²) in [5, 5.41) is 0.476. The summed E-state index contributed by atoms with van der Waals surface area (Å²) < 4.78 is 5.41. The number of carbonyl (C=O) groups is 1. The number of hydrogen-bond donors (Lipinski definition) is 0. The summed E-state index contributed by atoms with van der Waals surface area (Å²) in [5.74, 6) is 0.750. The van der Waals surface area contributed by atoms with E-state index in [1.807, 2.05) is 69.4 Å². The number of benzene rings is 2. The van der Waals surface area contributed by atoms with Gasteiger partial charge in [-0.2, -0.15) is 0 Å². The number of para-hydroxylation sites is 1. The Morgan fingerprint density at radius 3 is 2.24 bits per heavy atom. The van der Waals surface area contributed by atoms with Crippen molar-refractivity contribution in [3.8, 4) is 5.75 Å². The summed E-state index contributed by atoms with van der Waals surface area (Å²) >= 11 is 5.48. The highest BCUT2D eigenvalue weighted by atomic mass is 32.1. The van der Waals surface area contributed by atoms with E-state index in [4.69, 9.17) is 17.0 Å². The molecule has 0 radical (unpaired) electrons. The van der Waals surface area contributed by atoms with Gasteiger partial charge < -0.3 is 9.64 Å². The maximum Gasteiger partial charge on any atom is 0.281 e. The Bertz CT molecular complexity index is 852. The fourth-order valence-electron chi connectivity index (χ4n) is 3.11. The van der Waals surface area contributed by atoms with Crippen molar-refractivity contribution in [1.82, 2.24) is 4.90 Å². The van der Waals surface area contributed by atoms with Crippen molar-refractivity contribution in [3.05, 3.63) is 64.9 Å². The first-order valence-electron chi connectivity index (χ1n) is 7.98. The van der Waals surface area contributed by atoms with E-state index in [1.54, 1.807) is 16.9 Å². The smallest absolute Gasteiger partial charge is 0.281 e. The summed E-state index contributed by atoms with van der Waals surface area (Å²) in [6.07, 6.45) is 1.87. The van der Waals surface area contributed by atoms with Crippen molar-refractivity contribution >= 4 is 35.0 Å². The minimum Gasteiger partial charge on any atom is -0.496 e. The van der Waals surface area contributed by atoms with Gasteiger partial charge in [0.05, 0.1) is 12.8 Å². The molecule has 1 amide bonds. The maximum absolute atomic E-state index is 12.9. The topological polar surface area (TPSA) is 32.8 Å². The Kier molecular flexibility index (Phi) is 4.59. The number of amides is 1. The molecule has 1 saturated heterocycles. The Morgan fingerprint density at radius 1 is 1.08 bits per heavy atom. The van der Waals surface area contributed by atoms with Gasteiger partial charge in [0.15, 0.2) is 5.11 Å². The number of hydrogen-bond acceptors (Lipinski definition) is 3. The summed E-state index contributed by atoms with van der Waals surface area (Å²) in [4.78, 5) is 16.2. The average Bonchev–Trinajstić information content (AvgIpc) is 2.79. The van der Waals surface area contributed by atoms with Gasteiger partial charge in [0.1, 0.15) is 11.4 Å². The second-order valence-electron chi connectivity index (χ2n) is 6.04. The van der Waals surface area contributed by atoms with E-state index < -0.39 is 0 Å². The van der Waals surface area contributed by atoms with Gasteiger partial charge in [-0.05, 0) is 73.1 Å². The van der Waals surface area contributed by atoms with E-state index in [-0.39, 0.29) is 5.91 Å². The third-order valence-electron chi connectivity index (χ3n) is 4.27. The zero-order valence-corrected chi connectivity index (χ0v) is 15.6. The van der Waals surface area contributed by atoms with Crippen LogP contribution in [-0.4, -0.2) is 30.1 Å². The third kappa shape index (κ3) is 3.03. The van der Waals surface area contributed by atoms with Crippen LogP contribution in [0.2, 0.25) is 0 Å². The van der Waals surface area contributed by atoms with Crippen molar-refractivity contribution in [2.24, 2.45) is 0 Å². The quantitative estimate of drug-likeness (QED) is 0.619. The molecule has 2 aromatic carbocycles. The van der Waals surface area contributed by atoms with Gasteiger partial charge >= 0.3 is 0 Å². The largest absolute Gasteiger partial charge is 0.496 e. The molecule has 5 heteroatoms. The summed E-state index contributed by atoms with van der Waals surface area (Å²) in [6.45, 7) is 3.99. The first-order chi connectivity index (χ1) is 11.9. The van der Waals surface area contributed by atoms with Crippen LogP contribution in [0.3, 0.4) is 0 Å². The standard InChI is InChI=1S/C20H20N2O2S/c1-13-10-15(11-14(2)18(13)24-4)12-17-19(23)22(20(25)21(17)3)16-8-6-5-7-9-16/h5-12H,1-4H3/b17-12-. The molecule has 25 heavy (non-hydrogen) atoms. The Hall–Kier alpha value is -2.66. The molecule has 0 aliphatic carbocycles. The van der Waals surface area contributed by atoms with Crippen LogP contribution in [0.4, 0.5) is 5.69 Å². The van der Waals surface area contributed by atoms with E-state index >= 15 is 0 Å². The summed E-state index contributed by atoms with van der Waals surface area (Å²) in [5.41, 5.74) is 4.34. The molecule has 0 atom stereocenters. The number of anilines is 1. The molecule has 1 heterocycles. The molecule has 0 unspecified atom stereocenters. The number of thiocarbonyl (C=S) groups is 1. The van der Waals surface area contributed by atoms with E-state index in [2.05, 4.69) is 0 Å². The van der Waals surface area contributed by atoms with E-state index in [9.17, 15) is 4.79 Å². The molecule has 1 aliphatic heterocycles. The molecule has 0 bridgehead atoms.